The van der Waals surface area contributed by atoms with E-state index in [0.29, 0.717) is 4.90 Å². The highest BCUT2D eigenvalue weighted by molar-refractivity contribution is 6.10. The molecule has 2 aromatic rings. The average Bonchev–Trinajstić information content (AvgIpc) is 2.84. The van der Waals surface area contributed by atoms with Crippen LogP contribution in [0.25, 0.3) is 0 Å². The van der Waals surface area contributed by atoms with Crippen molar-refractivity contribution in [1.29, 1.82) is 0 Å². The number of rotatable bonds is 4. The third-order valence-corrected chi connectivity index (χ3v) is 4.28. The summed E-state index contributed by atoms with van der Waals surface area (Å²) in [6, 6.07) is 4.46. The number of urea groups is 1. The molecule has 2 aromatic carbocycles. The molecule has 1 heterocycles. The van der Waals surface area contributed by atoms with Crippen LogP contribution in [0.3, 0.4) is 0 Å². The lowest BCUT2D eigenvalue weighted by atomic mass is 9.92. The van der Waals surface area contributed by atoms with Crippen LogP contribution in [0.4, 0.5) is 28.0 Å². The van der Waals surface area contributed by atoms with Crippen LogP contribution in [0.15, 0.2) is 36.4 Å². The van der Waals surface area contributed by atoms with Gasteiger partial charge in [-0.25, -0.2) is 22.4 Å². The van der Waals surface area contributed by atoms with Crippen molar-refractivity contribution >= 4 is 23.5 Å². The zero-order valence-corrected chi connectivity index (χ0v) is 14.4. The number of carbonyl (C=O) groups is 3. The Morgan fingerprint density at radius 1 is 1.00 bits per heavy atom. The molecule has 0 radical (unpaired) electrons. The van der Waals surface area contributed by atoms with Gasteiger partial charge in [0, 0.05) is 11.8 Å². The van der Waals surface area contributed by atoms with E-state index in [0.717, 1.165) is 36.4 Å². The average molecular weight is 395 g/mol. The number of anilines is 1. The Morgan fingerprint density at radius 3 is 2.21 bits per heavy atom. The van der Waals surface area contributed by atoms with Gasteiger partial charge in [0.05, 0.1) is 0 Å². The first kappa shape index (κ1) is 19.3. The normalized spacial score (nSPS) is 19.0. The van der Waals surface area contributed by atoms with Crippen molar-refractivity contribution < 1.29 is 31.9 Å². The lowest BCUT2D eigenvalue weighted by molar-refractivity contribution is -0.133. The van der Waals surface area contributed by atoms with Gasteiger partial charge in [-0.2, -0.15) is 0 Å². The lowest BCUT2D eigenvalue weighted by Gasteiger charge is -2.22. The van der Waals surface area contributed by atoms with E-state index in [1.54, 1.807) is 0 Å². The van der Waals surface area contributed by atoms with Crippen LogP contribution in [0.2, 0.25) is 0 Å². The Morgan fingerprint density at radius 2 is 1.61 bits per heavy atom. The minimum Gasteiger partial charge on any atom is -0.324 e. The van der Waals surface area contributed by atoms with Gasteiger partial charge >= 0.3 is 6.03 Å². The maximum absolute atomic E-state index is 13.5. The Hall–Kier alpha value is -3.43. The summed E-state index contributed by atoms with van der Waals surface area (Å²) in [5.41, 5.74) is -1.78. The quantitative estimate of drug-likeness (QED) is 0.617. The van der Waals surface area contributed by atoms with E-state index in [4.69, 9.17) is 0 Å². The lowest BCUT2D eigenvalue weighted by Crippen LogP contribution is -2.42. The van der Waals surface area contributed by atoms with Gasteiger partial charge in [0.2, 0.25) is 5.91 Å². The predicted octanol–water partition coefficient (Wildman–Crippen LogP) is 2.65. The predicted molar refractivity (Wildman–Crippen MR) is 88.9 cm³/mol. The third kappa shape index (κ3) is 3.40. The zero-order valence-electron chi connectivity index (χ0n) is 14.4. The molecule has 4 amide bonds. The van der Waals surface area contributed by atoms with E-state index in [-0.39, 0.29) is 11.3 Å². The number of hydrogen-bond acceptors (Lipinski definition) is 3. The molecule has 146 valence electrons. The van der Waals surface area contributed by atoms with E-state index in [9.17, 15) is 31.9 Å². The van der Waals surface area contributed by atoms with Crippen LogP contribution in [0, 0.1) is 23.3 Å². The Labute approximate surface area is 156 Å². The van der Waals surface area contributed by atoms with Crippen LogP contribution in [0.1, 0.15) is 12.5 Å². The second-order valence-corrected chi connectivity index (χ2v) is 6.25. The van der Waals surface area contributed by atoms with Crippen molar-refractivity contribution in [3.63, 3.8) is 0 Å². The molecule has 1 unspecified atom stereocenters. The summed E-state index contributed by atoms with van der Waals surface area (Å²) in [6.07, 6.45) is 0. The number of amides is 4. The fraction of sp³-hybridized carbons (Fsp3) is 0.167. The maximum atomic E-state index is 13.5. The van der Waals surface area contributed by atoms with Crippen LogP contribution in [0.5, 0.6) is 0 Å². The molecule has 6 nitrogen and oxygen atoms in total. The SMILES string of the molecule is CC1(c2ccc(F)c(F)c2)NC(=O)N(CC(=O)Nc2ccc(F)c(F)c2)C1=O. The number of imide groups is 1. The fourth-order valence-electron chi connectivity index (χ4n) is 2.76. The second-order valence-electron chi connectivity index (χ2n) is 6.25. The molecular weight excluding hydrogens is 382 g/mol. The molecule has 0 aliphatic carbocycles. The molecule has 1 atom stereocenters. The van der Waals surface area contributed by atoms with Gasteiger partial charge in [0.25, 0.3) is 5.91 Å². The van der Waals surface area contributed by atoms with E-state index in [2.05, 4.69) is 10.6 Å². The van der Waals surface area contributed by atoms with Gasteiger partial charge in [-0.1, -0.05) is 6.07 Å². The fourth-order valence-corrected chi connectivity index (χ4v) is 2.76. The number of carbonyl (C=O) groups excluding carboxylic acids is 3. The molecule has 28 heavy (non-hydrogen) atoms. The number of benzene rings is 2. The summed E-state index contributed by atoms with van der Waals surface area (Å²) < 4.78 is 52.8. The van der Waals surface area contributed by atoms with Crippen molar-refractivity contribution in [2.45, 2.75) is 12.5 Å². The van der Waals surface area contributed by atoms with Gasteiger partial charge in [-0.15, -0.1) is 0 Å². The highest BCUT2D eigenvalue weighted by Crippen LogP contribution is 2.29. The zero-order chi connectivity index (χ0) is 20.6. The standard InChI is InChI=1S/C18H13F4N3O3/c1-18(9-2-4-11(19)13(21)6-9)16(27)25(17(28)24-18)8-15(26)23-10-3-5-12(20)14(22)7-10/h2-7H,8H2,1H3,(H,23,26)(H,24,28). The van der Waals surface area contributed by atoms with Crippen molar-refractivity contribution in [2.75, 3.05) is 11.9 Å². The van der Waals surface area contributed by atoms with Gasteiger partial charge in [-0.05, 0) is 36.8 Å². The molecule has 1 fully saturated rings. The molecule has 1 saturated heterocycles. The van der Waals surface area contributed by atoms with E-state index in [1.807, 2.05) is 0 Å². The third-order valence-electron chi connectivity index (χ3n) is 4.28. The first-order valence-corrected chi connectivity index (χ1v) is 7.96. The van der Waals surface area contributed by atoms with Crippen LogP contribution < -0.4 is 10.6 Å². The first-order valence-electron chi connectivity index (χ1n) is 7.96. The summed E-state index contributed by atoms with van der Waals surface area (Å²) in [4.78, 5) is 37.5. The van der Waals surface area contributed by atoms with Gasteiger partial charge in [0.1, 0.15) is 12.1 Å². The van der Waals surface area contributed by atoms with Crippen molar-refractivity contribution in [1.82, 2.24) is 10.2 Å². The van der Waals surface area contributed by atoms with E-state index >= 15 is 0 Å². The molecule has 0 spiro atoms. The summed E-state index contributed by atoms with van der Waals surface area (Å²) >= 11 is 0. The highest BCUT2D eigenvalue weighted by Gasteiger charge is 2.49. The van der Waals surface area contributed by atoms with Crippen LogP contribution in [-0.4, -0.2) is 29.3 Å². The highest BCUT2D eigenvalue weighted by atomic mass is 19.2. The monoisotopic (exact) mass is 395 g/mol. The second kappa shape index (κ2) is 6.95. The van der Waals surface area contributed by atoms with Gasteiger partial charge in [0.15, 0.2) is 23.3 Å². The topological polar surface area (TPSA) is 78.5 Å². The molecule has 0 aromatic heterocycles. The summed E-state index contributed by atoms with van der Waals surface area (Å²) in [5, 5.41) is 4.57. The maximum Gasteiger partial charge on any atom is 0.325 e. The minimum absolute atomic E-state index is 0.00624. The molecule has 10 heteroatoms. The molecule has 0 saturated carbocycles. The molecule has 2 N–H and O–H groups in total. The van der Waals surface area contributed by atoms with E-state index < -0.39 is 53.2 Å². The van der Waals surface area contributed by atoms with Crippen LogP contribution in [-0.2, 0) is 15.1 Å². The molecule has 0 bridgehead atoms. The number of hydrogen-bond donors (Lipinski definition) is 2. The van der Waals surface area contributed by atoms with Gasteiger partial charge in [-0.3, -0.25) is 14.5 Å². The van der Waals surface area contributed by atoms with Crippen molar-refractivity contribution in [3.8, 4) is 0 Å². The molecular formula is C18H13F4N3O3. The van der Waals surface area contributed by atoms with Crippen molar-refractivity contribution in [2.24, 2.45) is 0 Å². The van der Waals surface area contributed by atoms with E-state index in [1.165, 1.54) is 6.92 Å². The number of nitrogens with zero attached hydrogens (tertiary/aromatic N) is 1. The molecule has 3 rings (SSSR count). The summed E-state index contributed by atoms with van der Waals surface area (Å²) in [7, 11) is 0. The Balaban J connectivity index is 1.76. The van der Waals surface area contributed by atoms with Gasteiger partial charge < -0.3 is 10.6 Å². The largest absolute Gasteiger partial charge is 0.325 e. The number of halogens is 4. The minimum atomic E-state index is -1.70. The van der Waals surface area contributed by atoms with Crippen LogP contribution >= 0.6 is 0 Å². The first-order chi connectivity index (χ1) is 13.1. The molecule has 1 aliphatic rings. The Kier molecular flexibility index (Phi) is 4.80. The molecule has 1 aliphatic heterocycles. The number of nitrogens with one attached hydrogen (secondary N) is 2. The smallest absolute Gasteiger partial charge is 0.324 e. The summed E-state index contributed by atoms with van der Waals surface area (Å²) in [5.74, 6) is -6.30. The summed E-state index contributed by atoms with van der Waals surface area (Å²) in [6.45, 7) is 0.566. The van der Waals surface area contributed by atoms with Crippen molar-refractivity contribution in [3.05, 3.63) is 65.2 Å². The Bertz CT molecular complexity index is 998.